The second-order valence-electron chi connectivity index (χ2n) is 5.18. The highest BCUT2D eigenvalue weighted by molar-refractivity contribution is 5.79. The second kappa shape index (κ2) is 4.61. The van der Waals surface area contributed by atoms with Crippen molar-refractivity contribution in [2.75, 3.05) is 12.8 Å². The quantitative estimate of drug-likeness (QED) is 0.845. The summed E-state index contributed by atoms with van der Waals surface area (Å²) in [5, 5.41) is 0. The lowest BCUT2D eigenvalue weighted by Gasteiger charge is -2.24. The van der Waals surface area contributed by atoms with Crippen LogP contribution in [0.15, 0.2) is 18.2 Å². The van der Waals surface area contributed by atoms with Crippen molar-refractivity contribution >= 4 is 16.7 Å². The highest BCUT2D eigenvalue weighted by Crippen LogP contribution is 2.22. The number of hydrogen-bond acceptors (Lipinski definition) is 3. The summed E-state index contributed by atoms with van der Waals surface area (Å²) in [5.74, 6) is 1.07. The minimum absolute atomic E-state index is 0.209. The first-order chi connectivity index (χ1) is 8.46. The Labute approximate surface area is 108 Å². The van der Waals surface area contributed by atoms with E-state index in [1.807, 2.05) is 18.2 Å². The Bertz CT molecular complexity index is 557. The third-order valence-electron chi connectivity index (χ3n) is 3.26. The number of anilines is 1. The Hall–Kier alpha value is -1.55. The Kier molecular flexibility index (Phi) is 3.30. The number of hydrogen-bond donors (Lipinski definition) is 1. The van der Waals surface area contributed by atoms with Gasteiger partial charge in [0.2, 0.25) is 0 Å². The van der Waals surface area contributed by atoms with Gasteiger partial charge in [0.15, 0.2) is 0 Å². The number of rotatable bonds is 4. The molecule has 0 atom stereocenters. The monoisotopic (exact) mass is 247 g/mol. The van der Waals surface area contributed by atoms with E-state index in [0.29, 0.717) is 0 Å². The molecule has 2 rings (SSSR count). The predicted octanol–water partition coefficient (Wildman–Crippen LogP) is 2.61. The van der Waals surface area contributed by atoms with Gasteiger partial charge in [0.25, 0.3) is 0 Å². The molecular formula is C14H21N3O. The van der Waals surface area contributed by atoms with Gasteiger partial charge in [0.1, 0.15) is 5.82 Å². The van der Waals surface area contributed by atoms with Gasteiger partial charge >= 0.3 is 0 Å². The molecule has 2 N–H and O–H groups in total. The molecule has 0 fully saturated rings. The van der Waals surface area contributed by atoms with Gasteiger partial charge in [-0.05, 0) is 32.0 Å². The van der Waals surface area contributed by atoms with Crippen LogP contribution >= 0.6 is 0 Å². The SMILES string of the molecule is CCc1nc2cc(N)ccc2n1CC(C)(C)OC. The Balaban J connectivity index is 2.53. The highest BCUT2D eigenvalue weighted by Gasteiger charge is 2.20. The van der Waals surface area contributed by atoms with Crippen molar-refractivity contribution in [3.8, 4) is 0 Å². The number of aryl methyl sites for hydroxylation is 1. The van der Waals surface area contributed by atoms with Gasteiger partial charge < -0.3 is 15.0 Å². The number of aromatic nitrogens is 2. The van der Waals surface area contributed by atoms with Crippen molar-refractivity contribution in [2.45, 2.75) is 39.3 Å². The average molecular weight is 247 g/mol. The van der Waals surface area contributed by atoms with Gasteiger partial charge in [-0.1, -0.05) is 6.92 Å². The van der Waals surface area contributed by atoms with Gasteiger partial charge in [-0.3, -0.25) is 0 Å². The maximum Gasteiger partial charge on any atom is 0.109 e. The summed E-state index contributed by atoms with van der Waals surface area (Å²) < 4.78 is 7.73. The Morgan fingerprint density at radius 2 is 2.11 bits per heavy atom. The van der Waals surface area contributed by atoms with Crippen LogP contribution in [0.5, 0.6) is 0 Å². The molecule has 0 aliphatic heterocycles. The van der Waals surface area contributed by atoms with E-state index >= 15 is 0 Å². The van der Waals surface area contributed by atoms with Crippen molar-refractivity contribution in [2.24, 2.45) is 0 Å². The first kappa shape index (κ1) is 12.9. The molecule has 0 aliphatic rings. The van der Waals surface area contributed by atoms with Crippen molar-refractivity contribution < 1.29 is 4.74 Å². The highest BCUT2D eigenvalue weighted by atomic mass is 16.5. The number of fused-ring (bicyclic) bond motifs is 1. The van der Waals surface area contributed by atoms with Crippen molar-refractivity contribution in [1.29, 1.82) is 0 Å². The van der Waals surface area contributed by atoms with Crippen molar-refractivity contribution in [3.05, 3.63) is 24.0 Å². The summed E-state index contributed by atoms with van der Waals surface area (Å²) in [4.78, 5) is 4.64. The van der Waals surface area contributed by atoms with Crippen LogP contribution in [0.4, 0.5) is 5.69 Å². The number of methoxy groups -OCH3 is 1. The summed E-state index contributed by atoms with van der Waals surface area (Å²) in [6.45, 7) is 7.05. The normalized spacial score (nSPS) is 12.2. The molecule has 2 aromatic rings. The molecule has 1 aromatic carbocycles. The molecule has 1 aromatic heterocycles. The van der Waals surface area contributed by atoms with Crippen molar-refractivity contribution in [3.63, 3.8) is 0 Å². The van der Waals surface area contributed by atoms with Crippen LogP contribution in [-0.4, -0.2) is 22.3 Å². The number of imidazole rings is 1. The van der Waals surface area contributed by atoms with Crippen LogP contribution < -0.4 is 5.73 Å². The molecule has 0 bridgehead atoms. The lowest BCUT2D eigenvalue weighted by molar-refractivity contribution is 0.00846. The second-order valence-corrected chi connectivity index (χ2v) is 5.18. The smallest absolute Gasteiger partial charge is 0.109 e. The standard InChI is InChI=1S/C14H21N3O/c1-5-13-16-11-8-10(15)6-7-12(11)17(13)9-14(2,3)18-4/h6-8H,5,9,15H2,1-4H3. The molecule has 0 saturated carbocycles. The third-order valence-corrected chi connectivity index (χ3v) is 3.26. The molecule has 0 spiro atoms. The Morgan fingerprint density at radius 1 is 1.39 bits per heavy atom. The van der Waals surface area contributed by atoms with Gasteiger partial charge in [0.05, 0.1) is 23.2 Å². The predicted molar refractivity (Wildman–Crippen MR) is 74.6 cm³/mol. The molecular weight excluding hydrogens is 226 g/mol. The van der Waals surface area contributed by atoms with Crippen LogP contribution in [0.3, 0.4) is 0 Å². The first-order valence-corrected chi connectivity index (χ1v) is 6.26. The number of ether oxygens (including phenoxy) is 1. The molecule has 0 saturated heterocycles. The van der Waals surface area contributed by atoms with E-state index in [-0.39, 0.29) is 5.60 Å². The van der Waals surface area contributed by atoms with Crippen LogP contribution in [0, 0.1) is 0 Å². The summed E-state index contributed by atoms with van der Waals surface area (Å²) in [6.07, 6.45) is 0.897. The van der Waals surface area contributed by atoms with E-state index in [0.717, 1.165) is 35.5 Å². The topological polar surface area (TPSA) is 53.1 Å². The van der Waals surface area contributed by atoms with Gasteiger partial charge in [-0.2, -0.15) is 0 Å². The van der Waals surface area contributed by atoms with Gasteiger partial charge in [0, 0.05) is 19.2 Å². The zero-order chi connectivity index (χ0) is 13.3. The summed E-state index contributed by atoms with van der Waals surface area (Å²) in [5.41, 5.74) is 8.42. The molecule has 0 unspecified atom stereocenters. The van der Waals surface area contributed by atoms with Crippen LogP contribution in [-0.2, 0) is 17.7 Å². The average Bonchev–Trinajstić information content (AvgIpc) is 2.66. The van der Waals surface area contributed by atoms with Crippen LogP contribution in [0.25, 0.3) is 11.0 Å². The largest absolute Gasteiger partial charge is 0.399 e. The van der Waals surface area contributed by atoms with Crippen molar-refractivity contribution in [1.82, 2.24) is 9.55 Å². The number of nitrogens with zero attached hydrogens (tertiary/aromatic N) is 2. The van der Waals surface area contributed by atoms with Crippen LogP contribution in [0.2, 0.25) is 0 Å². The van der Waals surface area contributed by atoms with E-state index < -0.39 is 0 Å². The molecule has 4 heteroatoms. The lowest BCUT2D eigenvalue weighted by Crippen LogP contribution is -2.29. The van der Waals surface area contributed by atoms with E-state index in [1.165, 1.54) is 0 Å². The fourth-order valence-electron chi connectivity index (χ4n) is 2.09. The molecule has 0 amide bonds. The fourth-order valence-corrected chi connectivity index (χ4v) is 2.09. The minimum atomic E-state index is -0.209. The maximum atomic E-state index is 5.80. The number of nitrogens with two attached hydrogens (primary N) is 1. The zero-order valence-corrected chi connectivity index (χ0v) is 11.5. The molecule has 1 heterocycles. The molecule has 0 radical (unpaired) electrons. The first-order valence-electron chi connectivity index (χ1n) is 6.26. The zero-order valence-electron chi connectivity index (χ0n) is 11.5. The van der Waals surface area contributed by atoms with E-state index in [9.17, 15) is 0 Å². The Morgan fingerprint density at radius 3 is 2.72 bits per heavy atom. The number of benzene rings is 1. The van der Waals surface area contributed by atoms with E-state index in [2.05, 4.69) is 30.3 Å². The van der Waals surface area contributed by atoms with Crippen LogP contribution in [0.1, 0.15) is 26.6 Å². The minimum Gasteiger partial charge on any atom is -0.399 e. The lowest BCUT2D eigenvalue weighted by atomic mass is 10.1. The fraction of sp³-hybridized carbons (Fsp3) is 0.500. The molecule has 4 nitrogen and oxygen atoms in total. The van der Waals surface area contributed by atoms with Gasteiger partial charge in [-0.15, -0.1) is 0 Å². The summed E-state index contributed by atoms with van der Waals surface area (Å²) in [6, 6.07) is 5.87. The van der Waals surface area contributed by atoms with E-state index in [4.69, 9.17) is 10.5 Å². The van der Waals surface area contributed by atoms with E-state index in [1.54, 1.807) is 7.11 Å². The van der Waals surface area contributed by atoms with Gasteiger partial charge in [-0.25, -0.2) is 4.98 Å². The number of nitrogen functional groups attached to an aromatic ring is 1. The third kappa shape index (κ3) is 2.34. The maximum absolute atomic E-state index is 5.80. The molecule has 0 aliphatic carbocycles. The summed E-state index contributed by atoms with van der Waals surface area (Å²) >= 11 is 0. The molecule has 18 heavy (non-hydrogen) atoms. The summed E-state index contributed by atoms with van der Waals surface area (Å²) in [7, 11) is 1.74. The molecule has 98 valence electrons.